The summed E-state index contributed by atoms with van der Waals surface area (Å²) in [4.78, 5) is 7.63. The molecular formula is C19H39N3O. The van der Waals surface area contributed by atoms with E-state index < -0.39 is 0 Å². The molecule has 1 aliphatic carbocycles. The average molecular weight is 326 g/mol. The fraction of sp³-hybridized carbons (Fsp3) is 1.00. The van der Waals surface area contributed by atoms with E-state index in [9.17, 15) is 5.11 Å². The van der Waals surface area contributed by atoms with E-state index in [2.05, 4.69) is 28.7 Å². The summed E-state index contributed by atoms with van der Waals surface area (Å²) in [7, 11) is 2.20. The summed E-state index contributed by atoms with van der Waals surface area (Å²) < 4.78 is 0. The maximum Gasteiger partial charge on any atom is 0.0599 e. The summed E-state index contributed by atoms with van der Waals surface area (Å²) in [5.41, 5.74) is 0. The standard InChI is InChI=1S/C17H33N3O.C2H6/c1-14-3-5-16(6-4-14)20-8-7-19(12-17(20)13-21)11-15-9-18(2)10-15;1-2/h14-17,21H,3-13H2,1-2H3;1-2H3. The molecule has 0 spiro atoms. The van der Waals surface area contributed by atoms with Crippen molar-refractivity contribution in [3.8, 4) is 0 Å². The van der Waals surface area contributed by atoms with Crippen molar-refractivity contribution in [1.29, 1.82) is 0 Å². The van der Waals surface area contributed by atoms with Gasteiger partial charge in [-0.1, -0.05) is 20.8 Å². The Morgan fingerprint density at radius 1 is 0.957 bits per heavy atom. The molecular weight excluding hydrogens is 286 g/mol. The van der Waals surface area contributed by atoms with Crippen LogP contribution in [-0.4, -0.2) is 84.8 Å². The summed E-state index contributed by atoms with van der Waals surface area (Å²) in [5, 5.41) is 9.83. The second kappa shape index (κ2) is 9.36. The van der Waals surface area contributed by atoms with Crippen molar-refractivity contribution < 1.29 is 5.11 Å². The molecule has 1 unspecified atom stereocenters. The van der Waals surface area contributed by atoms with Crippen LogP contribution in [0.2, 0.25) is 0 Å². The van der Waals surface area contributed by atoms with Crippen molar-refractivity contribution in [3.63, 3.8) is 0 Å². The molecule has 2 saturated heterocycles. The molecule has 4 nitrogen and oxygen atoms in total. The van der Waals surface area contributed by atoms with Gasteiger partial charge >= 0.3 is 0 Å². The van der Waals surface area contributed by atoms with Crippen LogP contribution in [0.3, 0.4) is 0 Å². The zero-order valence-electron chi connectivity index (χ0n) is 15.9. The number of aliphatic hydroxyl groups excluding tert-OH is 1. The highest BCUT2D eigenvalue weighted by molar-refractivity contribution is 4.90. The Hall–Kier alpha value is -0.160. The molecule has 2 heterocycles. The minimum absolute atomic E-state index is 0.327. The topological polar surface area (TPSA) is 30.0 Å². The van der Waals surface area contributed by atoms with E-state index >= 15 is 0 Å². The Morgan fingerprint density at radius 3 is 2.17 bits per heavy atom. The molecule has 0 aromatic rings. The normalized spacial score (nSPS) is 34.6. The van der Waals surface area contributed by atoms with Crippen molar-refractivity contribution >= 4 is 0 Å². The minimum Gasteiger partial charge on any atom is -0.395 e. The largest absolute Gasteiger partial charge is 0.395 e. The quantitative estimate of drug-likeness (QED) is 0.858. The first-order valence-electron chi connectivity index (χ1n) is 9.93. The van der Waals surface area contributed by atoms with Gasteiger partial charge < -0.3 is 14.9 Å². The monoisotopic (exact) mass is 325 g/mol. The summed E-state index contributed by atoms with van der Waals surface area (Å²) in [6.45, 7) is 13.9. The summed E-state index contributed by atoms with van der Waals surface area (Å²) in [6, 6.07) is 1.10. The third-order valence-electron chi connectivity index (χ3n) is 5.93. The van der Waals surface area contributed by atoms with Gasteiger partial charge in [0.05, 0.1) is 6.61 Å². The SMILES string of the molecule is CC.CC1CCC(N2CCN(CC3CN(C)C3)CC2CO)CC1. The Bertz CT molecular complexity index is 325. The van der Waals surface area contributed by atoms with Gasteiger partial charge in [-0.05, 0) is 44.6 Å². The van der Waals surface area contributed by atoms with Crippen LogP contribution in [-0.2, 0) is 0 Å². The van der Waals surface area contributed by atoms with Gasteiger partial charge in [0, 0.05) is 51.4 Å². The molecule has 3 rings (SSSR count). The maximum absolute atomic E-state index is 9.83. The molecule has 0 radical (unpaired) electrons. The van der Waals surface area contributed by atoms with E-state index in [-0.39, 0.29) is 0 Å². The predicted octanol–water partition coefficient (Wildman–Crippen LogP) is 2.13. The van der Waals surface area contributed by atoms with E-state index in [1.807, 2.05) is 13.8 Å². The van der Waals surface area contributed by atoms with Gasteiger partial charge in [0.15, 0.2) is 0 Å². The van der Waals surface area contributed by atoms with Crippen LogP contribution in [0.15, 0.2) is 0 Å². The average Bonchev–Trinajstić information content (AvgIpc) is 2.56. The minimum atomic E-state index is 0.327. The van der Waals surface area contributed by atoms with Crippen LogP contribution in [0.4, 0.5) is 0 Å². The smallest absolute Gasteiger partial charge is 0.0599 e. The number of piperazine rings is 1. The molecule has 3 aliphatic rings. The Balaban J connectivity index is 0.000000924. The third-order valence-corrected chi connectivity index (χ3v) is 5.93. The van der Waals surface area contributed by atoms with Gasteiger partial charge in [-0.15, -0.1) is 0 Å². The number of likely N-dealkylation sites (tertiary alicyclic amines) is 1. The van der Waals surface area contributed by atoms with E-state index in [0.717, 1.165) is 31.0 Å². The molecule has 136 valence electrons. The fourth-order valence-corrected chi connectivity index (χ4v) is 4.63. The molecule has 0 bridgehead atoms. The van der Waals surface area contributed by atoms with Gasteiger partial charge in [0.2, 0.25) is 0 Å². The van der Waals surface area contributed by atoms with Crippen LogP contribution >= 0.6 is 0 Å². The number of aliphatic hydroxyl groups is 1. The van der Waals surface area contributed by atoms with Crippen molar-refractivity contribution in [1.82, 2.24) is 14.7 Å². The van der Waals surface area contributed by atoms with E-state index in [1.165, 1.54) is 51.9 Å². The van der Waals surface area contributed by atoms with Gasteiger partial charge in [-0.3, -0.25) is 4.90 Å². The van der Waals surface area contributed by atoms with Gasteiger partial charge in [0.25, 0.3) is 0 Å². The molecule has 0 aromatic carbocycles. The zero-order chi connectivity index (χ0) is 16.8. The fourth-order valence-electron chi connectivity index (χ4n) is 4.63. The Kier molecular flexibility index (Phi) is 7.80. The summed E-state index contributed by atoms with van der Waals surface area (Å²) in [5.74, 6) is 1.77. The van der Waals surface area contributed by atoms with Crippen LogP contribution in [0, 0.1) is 11.8 Å². The lowest BCUT2D eigenvalue weighted by molar-refractivity contribution is -0.0160. The number of rotatable bonds is 4. The number of hydrogen-bond donors (Lipinski definition) is 1. The van der Waals surface area contributed by atoms with E-state index in [4.69, 9.17) is 0 Å². The first-order valence-corrected chi connectivity index (χ1v) is 9.93. The van der Waals surface area contributed by atoms with Crippen LogP contribution < -0.4 is 0 Å². The molecule has 0 amide bonds. The van der Waals surface area contributed by atoms with Crippen molar-refractivity contribution in [2.75, 3.05) is 52.9 Å². The second-order valence-electron chi connectivity index (χ2n) is 7.83. The van der Waals surface area contributed by atoms with Gasteiger partial charge in [-0.2, -0.15) is 0 Å². The number of nitrogens with zero attached hydrogens (tertiary/aromatic N) is 3. The second-order valence-corrected chi connectivity index (χ2v) is 7.83. The maximum atomic E-state index is 9.83. The lowest BCUT2D eigenvalue weighted by Crippen LogP contribution is -2.60. The lowest BCUT2D eigenvalue weighted by Gasteiger charge is -2.48. The first-order chi connectivity index (χ1) is 11.2. The molecule has 23 heavy (non-hydrogen) atoms. The van der Waals surface area contributed by atoms with Crippen LogP contribution in [0.1, 0.15) is 46.5 Å². The molecule has 4 heteroatoms. The highest BCUT2D eigenvalue weighted by Crippen LogP contribution is 2.29. The Morgan fingerprint density at radius 2 is 1.61 bits per heavy atom. The molecule has 0 aromatic heterocycles. The zero-order valence-corrected chi connectivity index (χ0v) is 15.9. The van der Waals surface area contributed by atoms with Crippen LogP contribution in [0.25, 0.3) is 0 Å². The summed E-state index contributed by atoms with van der Waals surface area (Å²) >= 11 is 0. The number of hydrogen-bond acceptors (Lipinski definition) is 4. The van der Waals surface area contributed by atoms with Gasteiger partial charge in [0.1, 0.15) is 0 Å². The highest BCUT2D eigenvalue weighted by Gasteiger charge is 2.34. The molecule has 2 aliphatic heterocycles. The predicted molar refractivity (Wildman–Crippen MR) is 97.8 cm³/mol. The molecule has 1 atom stereocenters. The first kappa shape index (κ1) is 19.2. The molecule has 1 saturated carbocycles. The molecule has 1 N–H and O–H groups in total. The highest BCUT2D eigenvalue weighted by atomic mass is 16.3. The Labute approximate surface area is 143 Å². The third kappa shape index (κ3) is 5.15. The van der Waals surface area contributed by atoms with Gasteiger partial charge in [-0.25, -0.2) is 0 Å². The van der Waals surface area contributed by atoms with E-state index in [0.29, 0.717) is 12.6 Å². The molecule has 3 fully saturated rings. The lowest BCUT2D eigenvalue weighted by atomic mass is 9.85. The summed E-state index contributed by atoms with van der Waals surface area (Å²) in [6.07, 6.45) is 5.42. The van der Waals surface area contributed by atoms with Crippen molar-refractivity contribution in [2.24, 2.45) is 11.8 Å². The van der Waals surface area contributed by atoms with Crippen LogP contribution in [0.5, 0.6) is 0 Å². The van der Waals surface area contributed by atoms with Crippen molar-refractivity contribution in [3.05, 3.63) is 0 Å². The van der Waals surface area contributed by atoms with Crippen molar-refractivity contribution in [2.45, 2.75) is 58.5 Å². The van der Waals surface area contributed by atoms with E-state index in [1.54, 1.807) is 0 Å².